The molecule has 2 amide bonds. The summed E-state index contributed by atoms with van der Waals surface area (Å²) in [6.45, 7) is 1.42. The van der Waals surface area contributed by atoms with Gasteiger partial charge in [-0.1, -0.05) is 0 Å². The fraction of sp³-hybridized carbons (Fsp3) is 0.357. The molecule has 0 fully saturated rings. The lowest BCUT2D eigenvalue weighted by Crippen LogP contribution is -2.41. The molecule has 0 aliphatic carbocycles. The SMILES string of the molecule is CC(C(=O)O)N(C)C(=O)CCNC(=O)c1cc(F)ccc1Br. The van der Waals surface area contributed by atoms with Crippen LogP contribution >= 0.6 is 15.9 Å². The van der Waals surface area contributed by atoms with Crippen LogP contribution in [0, 0.1) is 5.82 Å². The molecular formula is C14H16BrFN2O4. The molecule has 0 radical (unpaired) electrons. The van der Waals surface area contributed by atoms with E-state index in [1.807, 2.05) is 0 Å². The van der Waals surface area contributed by atoms with Gasteiger partial charge in [-0.2, -0.15) is 0 Å². The summed E-state index contributed by atoms with van der Waals surface area (Å²) in [7, 11) is 1.38. The monoisotopic (exact) mass is 374 g/mol. The van der Waals surface area contributed by atoms with E-state index in [4.69, 9.17) is 5.11 Å². The van der Waals surface area contributed by atoms with Gasteiger partial charge in [-0.15, -0.1) is 0 Å². The molecule has 0 saturated heterocycles. The van der Waals surface area contributed by atoms with Gasteiger partial charge in [0.05, 0.1) is 5.56 Å². The molecule has 0 bridgehead atoms. The van der Waals surface area contributed by atoms with Gasteiger partial charge in [0.15, 0.2) is 0 Å². The molecular weight excluding hydrogens is 359 g/mol. The number of hydrogen-bond donors (Lipinski definition) is 2. The van der Waals surface area contributed by atoms with Gasteiger partial charge >= 0.3 is 5.97 Å². The fourth-order valence-electron chi connectivity index (χ4n) is 1.61. The summed E-state index contributed by atoms with van der Waals surface area (Å²) in [6, 6.07) is 2.77. The van der Waals surface area contributed by atoms with Gasteiger partial charge in [-0.3, -0.25) is 9.59 Å². The zero-order valence-electron chi connectivity index (χ0n) is 12.1. The van der Waals surface area contributed by atoms with Crippen LogP contribution in [0.15, 0.2) is 22.7 Å². The Morgan fingerprint density at radius 1 is 1.41 bits per heavy atom. The number of halogens is 2. The fourth-order valence-corrected chi connectivity index (χ4v) is 2.03. The summed E-state index contributed by atoms with van der Waals surface area (Å²) in [5, 5.41) is 11.3. The Morgan fingerprint density at radius 3 is 2.64 bits per heavy atom. The number of nitrogens with zero attached hydrogens (tertiary/aromatic N) is 1. The van der Waals surface area contributed by atoms with Crippen molar-refractivity contribution in [2.75, 3.05) is 13.6 Å². The molecule has 1 unspecified atom stereocenters. The second-order valence-corrected chi connectivity index (χ2v) is 5.50. The van der Waals surface area contributed by atoms with E-state index >= 15 is 0 Å². The lowest BCUT2D eigenvalue weighted by molar-refractivity contribution is -0.148. The standard InChI is InChI=1S/C14H16BrFN2O4/c1-8(14(21)22)18(2)12(19)5-6-17-13(20)10-7-9(16)3-4-11(10)15/h3-4,7-8H,5-6H2,1-2H3,(H,17,20)(H,21,22). The number of amides is 2. The molecule has 8 heteroatoms. The second kappa shape index (κ2) is 7.88. The van der Waals surface area contributed by atoms with Crippen LogP contribution in [0.5, 0.6) is 0 Å². The van der Waals surface area contributed by atoms with Crippen LogP contribution in [0.3, 0.4) is 0 Å². The molecule has 1 rings (SSSR count). The molecule has 2 N–H and O–H groups in total. The Hall–Kier alpha value is -1.96. The quantitative estimate of drug-likeness (QED) is 0.792. The van der Waals surface area contributed by atoms with Gasteiger partial charge < -0.3 is 15.3 Å². The Bertz CT molecular complexity index is 594. The average Bonchev–Trinajstić information content (AvgIpc) is 2.47. The number of carbonyl (C=O) groups excluding carboxylic acids is 2. The van der Waals surface area contributed by atoms with Gasteiger partial charge in [0.1, 0.15) is 11.9 Å². The van der Waals surface area contributed by atoms with Crippen LogP contribution in [0.4, 0.5) is 4.39 Å². The molecule has 1 aromatic carbocycles. The first-order valence-electron chi connectivity index (χ1n) is 6.45. The maximum absolute atomic E-state index is 13.1. The van der Waals surface area contributed by atoms with Gasteiger partial charge in [-0.25, -0.2) is 9.18 Å². The van der Waals surface area contributed by atoms with Gasteiger partial charge in [0.25, 0.3) is 5.91 Å². The molecule has 0 aliphatic rings. The molecule has 0 saturated carbocycles. The molecule has 0 heterocycles. The summed E-state index contributed by atoms with van der Waals surface area (Å²) in [5.74, 6) is -2.58. The minimum atomic E-state index is -1.11. The third-order valence-electron chi connectivity index (χ3n) is 3.13. The highest BCUT2D eigenvalue weighted by molar-refractivity contribution is 9.10. The van der Waals surface area contributed by atoms with Crippen LogP contribution in [0.1, 0.15) is 23.7 Å². The molecule has 6 nitrogen and oxygen atoms in total. The van der Waals surface area contributed by atoms with E-state index < -0.39 is 29.6 Å². The average molecular weight is 375 g/mol. The summed E-state index contributed by atoms with van der Waals surface area (Å²) in [6.07, 6.45) is -0.0488. The smallest absolute Gasteiger partial charge is 0.326 e. The maximum Gasteiger partial charge on any atom is 0.326 e. The summed E-state index contributed by atoms with van der Waals surface area (Å²) in [5.41, 5.74) is 0.125. The van der Waals surface area contributed by atoms with Gasteiger partial charge in [-0.05, 0) is 41.1 Å². The second-order valence-electron chi connectivity index (χ2n) is 4.65. The van der Waals surface area contributed by atoms with Gasteiger partial charge in [0.2, 0.25) is 5.91 Å². The first-order chi connectivity index (χ1) is 10.2. The lowest BCUT2D eigenvalue weighted by Gasteiger charge is -2.21. The van der Waals surface area contributed by atoms with Crippen LogP contribution < -0.4 is 5.32 Å². The maximum atomic E-state index is 13.1. The number of hydrogen-bond acceptors (Lipinski definition) is 3. The highest BCUT2D eigenvalue weighted by Gasteiger charge is 2.21. The van der Waals surface area contributed by atoms with E-state index in [2.05, 4.69) is 21.2 Å². The number of carbonyl (C=O) groups is 3. The topological polar surface area (TPSA) is 86.7 Å². The number of benzene rings is 1. The summed E-state index contributed by atoms with van der Waals surface area (Å²) >= 11 is 3.14. The number of carboxylic acid groups (broad SMARTS) is 1. The van der Waals surface area contributed by atoms with Crippen molar-refractivity contribution in [3.05, 3.63) is 34.1 Å². The van der Waals surface area contributed by atoms with Crippen molar-refractivity contribution in [2.45, 2.75) is 19.4 Å². The van der Waals surface area contributed by atoms with Crippen LogP contribution in [-0.4, -0.2) is 47.4 Å². The number of rotatable bonds is 6. The molecule has 0 aliphatic heterocycles. The Kier molecular flexibility index (Phi) is 6.48. The normalized spacial score (nSPS) is 11.6. The predicted octanol–water partition coefficient (Wildman–Crippen LogP) is 1.64. The minimum absolute atomic E-state index is 0.0251. The van der Waals surface area contributed by atoms with Crippen molar-refractivity contribution in [1.29, 1.82) is 0 Å². The highest BCUT2D eigenvalue weighted by atomic mass is 79.9. The Balaban J connectivity index is 2.53. The lowest BCUT2D eigenvalue weighted by atomic mass is 10.2. The first-order valence-corrected chi connectivity index (χ1v) is 7.25. The Labute approximate surface area is 135 Å². The van der Waals surface area contributed by atoms with Crippen molar-refractivity contribution < 1.29 is 23.9 Å². The van der Waals surface area contributed by atoms with Crippen molar-refractivity contribution in [3.63, 3.8) is 0 Å². The van der Waals surface area contributed by atoms with Crippen molar-refractivity contribution >= 4 is 33.7 Å². The molecule has 120 valence electrons. The van der Waals surface area contributed by atoms with Gasteiger partial charge in [0, 0.05) is 24.5 Å². The summed E-state index contributed by atoms with van der Waals surface area (Å²) < 4.78 is 13.6. The van der Waals surface area contributed by atoms with E-state index in [0.29, 0.717) is 4.47 Å². The predicted molar refractivity (Wildman–Crippen MR) is 80.9 cm³/mol. The number of carboxylic acids is 1. The van der Waals surface area contributed by atoms with Crippen LogP contribution in [-0.2, 0) is 9.59 Å². The molecule has 1 atom stereocenters. The molecule has 0 spiro atoms. The van der Waals surface area contributed by atoms with Crippen molar-refractivity contribution in [3.8, 4) is 0 Å². The van der Waals surface area contributed by atoms with E-state index in [9.17, 15) is 18.8 Å². The van der Waals surface area contributed by atoms with E-state index in [0.717, 1.165) is 11.0 Å². The zero-order valence-corrected chi connectivity index (χ0v) is 13.7. The first kappa shape index (κ1) is 18.1. The van der Waals surface area contributed by atoms with E-state index in [1.54, 1.807) is 0 Å². The molecule has 0 aromatic heterocycles. The molecule has 1 aromatic rings. The number of aliphatic carboxylic acids is 1. The zero-order chi connectivity index (χ0) is 16.9. The van der Waals surface area contributed by atoms with Crippen LogP contribution in [0.25, 0.3) is 0 Å². The number of nitrogens with one attached hydrogen (secondary N) is 1. The van der Waals surface area contributed by atoms with E-state index in [1.165, 1.54) is 26.1 Å². The Morgan fingerprint density at radius 2 is 2.05 bits per heavy atom. The van der Waals surface area contributed by atoms with Crippen molar-refractivity contribution in [1.82, 2.24) is 10.2 Å². The number of likely N-dealkylation sites (N-methyl/N-ethyl adjacent to an activating group) is 1. The third-order valence-corrected chi connectivity index (χ3v) is 3.82. The largest absolute Gasteiger partial charge is 0.480 e. The third kappa shape index (κ3) is 4.80. The van der Waals surface area contributed by atoms with Crippen molar-refractivity contribution in [2.24, 2.45) is 0 Å². The minimum Gasteiger partial charge on any atom is -0.480 e. The van der Waals surface area contributed by atoms with Crippen LogP contribution in [0.2, 0.25) is 0 Å². The molecule has 22 heavy (non-hydrogen) atoms. The van der Waals surface area contributed by atoms with E-state index in [-0.39, 0.29) is 18.5 Å². The summed E-state index contributed by atoms with van der Waals surface area (Å²) in [4.78, 5) is 35.5. The highest BCUT2D eigenvalue weighted by Crippen LogP contribution is 2.17.